The van der Waals surface area contributed by atoms with Crippen LogP contribution in [0, 0.1) is 32.1 Å². The Kier molecular flexibility index (Phi) is 4.61. The highest BCUT2D eigenvalue weighted by Crippen LogP contribution is 2.30. The minimum atomic E-state index is -0.296. The topological polar surface area (TPSA) is 105 Å². The Hall–Kier alpha value is -3.92. The number of benzene rings is 1. The van der Waals surface area contributed by atoms with E-state index >= 15 is 0 Å². The monoisotopic (exact) mass is 386 g/mol. The Labute approximate surface area is 167 Å². The first-order valence-corrected chi connectivity index (χ1v) is 9.08. The molecule has 144 valence electrons. The molecule has 1 amide bonds. The number of anilines is 1. The number of carbonyl (C=O) groups is 1. The zero-order valence-electron chi connectivity index (χ0n) is 16.2. The van der Waals surface area contributed by atoms with E-state index in [4.69, 9.17) is 14.2 Å². The van der Waals surface area contributed by atoms with Crippen molar-refractivity contribution >= 4 is 22.7 Å². The zero-order chi connectivity index (χ0) is 20.5. The highest BCUT2D eigenvalue weighted by Gasteiger charge is 2.21. The number of aryl methyl sites for hydroxylation is 3. The van der Waals surface area contributed by atoms with Crippen molar-refractivity contribution in [1.82, 2.24) is 10.1 Å². The first kappa shape index (κ1) is 18.4. The van der Waals surface area contributed by atoms with Crippen LogP contribution < -0.4 is 5.32 Å². The Morgan fingerprint density at radius 2 is 1.93 bits per heavy atom. The Morgan fingerprint density at radius 3 is 2.59 bits per heavy atom. The fraction of sp³-hybridized carbons (Fsp3) is 0.182. The Balaban J connectivity index is 1.75. The number of carbonyl (C=O) groups excluding carboxylic acids is 1. The lowest BCUT2D eigenvalue weighted by molar-refractivity contribution is 0.102. The van der Waals surface area contributed by atoms with Gasteiger partial charge in [0.05, 0.1) is 34.8 Å². The summed E-state index contributed by atoms with van der Waals surface area (Å²) in [6.45, 7) is 5.48. The third-order valence-corrected chi connectivity index (χ3v) is 4.67. The van der Waals surface area contributed by atoms with Gasteiger partial charge in [0.1, 0.15) is 11.5 Å². The third kappa shape index (κ3) is 3.48. The van der Waals surface area contributed by atoms with Crippen molar-refractivity contribution in [3.05, 3.63) is 64.7 Å². The molecule has 4 aromatic rings. The van der Waals surface area contributed by atoms with Crippen molar-refractivity contribution in [2.75, 3.05) is 5.32 Å². The molecule has 0 saturated heterocycles. The molecule has 1 N–H and O–H groups in total. The quantitative estimate of drug-likeness (QED) is 0.544. The number of nitrogens with zero attached hydrogens (tertiary/aromatic N) is 3. The van der Waals surface area contributed by atoms with Crippen LogP contribution in [0.15, 0.2) is 45.3 Å². The number of nitrogens with one attached hydrogen (secondary N) is 1. The molecule has 1 aromatic carbocycles. The predicted molar refractivity (Wildman–Crippen MR) is 107 cm³/mol. The first-order chi connectivity index (χ1) is 14.0. The molecule has 0 spiro atoms. The van der Waals surface area contributed by atoms with Gasteiger partial charge in [0, 0.05) is 11.3 Å². The molecule has 7 heteroatoms. The summed E-state index contributed by atoms with van der Waals surface area (Å²) >= 11 is 0. The smallest absolute Gasteiger partial charge is 0.259 e. The zero-order valence-corrected chi connectivity index (χ0v) is 16.2. The first-order valence-electron chi connectivity index (χ1n) is 9.08. The van der Waals surface area contributed by atoms with Crippen LogP contribution in [0.3, 0.4) is 0 Å². The molecular formula is C22H18N4O3. The van der Waals surface area contributed by atoms with Gasteiger partial charge in [0.15, 0.2) is 0 Å². The molecule has 29 heavy (non-hydrogen) atoms. The summed E-state index contributed by atoms with van der Waals surface area (Å²) in [7, 11) is 0. The largest absolute Gasteiger partial charge is 0.466 e. The van der Waals surface area contributed by atoms with Gasteiger partial charge in [-0.05, 0) is 50.6 Å². The van der Waals surface area contributed by atoms with Crippen molar-refractivity contribution in [2.45, 2.75) is 27.2 Å². The Morgan fingerprint density at radius 1 is 1.17 bits per heavy atom. The molecule has 0 saturated carbocycles. The maximum atomic E-state index is 13.1. The van der Waals surface area contributed by atoms with Gasteiger partial charge in [-0.2, -0.15) is 5.26 Å². The fourth-order valence-electron chi connectivity index (χ4n) is 3.29. The van der Waals surface area contributed by atoms with Gasteiger partial charge in [-0.1, -0.05) is 17.3 Å². The summed E-state index contributed by atoms with van der Waals surface area (Å²) in [6, 6.07) is 12.9. The second-order valence-electron chi connectivity index (χ2n) is 6.82. The van der Waals surface area contributed by atoms with Crippen LogP contribution in [0.4, 0.5) is 5.69 Å². The van der Waals surface area contributed by atoms with Crippen LogP contribution >= 0.6 is 0 Å². The van der Waals surface area contributed by atoms with E-state index in [-0.39, 0.29) is 5.91 Å². The second kappa shape index (κ2) is 7.24. The number of fused-ring (bicyclic) bond motifs is 1. The molecule has 0 fully saturated rings. The van der Waals surface area contributed by atoms with Gasteiger partial charge in [0.2, 0.25) is 0 Å². The lowest BCUT2D eigenvalue weighted by Gasteiger charge is -2.08. The van der Waals surface area contributed by atoms with E-state index in [0.29, 0.717) is 45.9 Å². The lowest BCUT2D eigenvalue weighted by Crippen LogP contribution is -2.13. The summed E-state index contributed by atoms with van der Waals surface area (Å²) in [6.07, 6.45) is 0.325. The summed E-state index contributed by atoms with van der Waals surface area (Å²) in [5, 5.41) is 16.2. The van der Waals surface area contributed by atoms with Crippen LogP contribution in [-0.2, 0) is 6.42 Å². The van der Waals surface area contributed by atoms with Gasteiger partial charge in [0.25, 0.3) is 11.6 Å². The number of furan rings is 1. The molecular weight excluding hydrogens is 368 g/mol. The van der Waals surface area contributed by atoms with Crippen molar-refractivity contribution in [2.24, 2.45) is 0 Å². The maximum absolute atomic E-state index is 13.1. The van der Waals surface area contributed by atoms with Gasteiger partial charge in [-0.25, -0.2) is 4.98 Å². The predicted octanol–water partition coefficient (Wildman–Crippen LogP) is 4.73. The number of amides is 1. The van der Waals surface area contributed by atoms with Gasteiger partial charge < -0.3 is 14.3 Å². The summed E-state index contributed by atoms with van der Waals surface area (Å²) in [5.41, 5.74) is 4.21. The number of rotatable bonds is 4. The molecule has 0 aliphatic heterocycles. The molecule has 0 aliphatic rings. The summed E-state index contributed by atoms with van der Waals surface area (Å²) < 4.78 is 10.9. The number of hydrogen-bond acceptors (Lipinski definition) is 6. The molecule has 4 rings (SSSR count). The second-order valence-corrected chi connectivity index (χ2v) is 6.82. The molecule has 3 aromatic heterocycles. The van der Waals surface area contributed by atoms with Crippen LogP contribution in [0.1, 0.15) is 33.1 Å². The molecule has 0 bridgehead atoms. The van der Waals surface area contributed by atoms with Gasteiger partial charge >= 0.3 is 0 Å². The number of pyridine rings is 1. The van der Waals surface area contributed by atoms with Crippen molar-refractivity contribution in [3.63, 3.8) is 0 Å². The van der Waals surface area contributed by atoms with E-state index < -0.39 is 0 Å². The van der Waals surface area contributed by atoms with E-state index in [0.717, 1.165) is 16.9 Å². The average molecular weight is 386 g/mol. The standard InChI is InChI=1S/C22H18N4O3/c1-12-10-17(14(3)28-12)19-11-18(20-13(2)26-29-22(20)25-19)21(27)24-16-6-4-15(5-7-16)8-9-23/h4-7,10-11H,8H2,1-3H3,(H,24,27). The number of nitriles is 1. The minimum Gasteiger partial charge on any atom is -0.466 e. The summed E-state index contributed by atoms with van der Waals surface area (Å²) in [5.74, 6) is 1.18. The van der Waals surface area contributed by atoms with E-state index in [1.54, 1.807) is 25.1 Å². The molecule has 0 radical (unpaired) electrons. The molecule has 0 unspecified atom stereocenters. The number of aromatic nitrogens is 2. The minimum absolute atomic E-state index is 0.296. The van der Waals surface area contributed by atoms with Crippen LogP contribution in [-0.4, -0.2) is 16.0 Å². The van der Waals surface area contributed by atoms with E-state index in [2.05, 4.69) is 21.5 Å². The molecule has 3 heterocycles. The molecule has 0 atom stereocenters. The SMILES string of the molecule is Cc1cc(-c2cc(C(=O)Nc3ccc(CC#N)cc3)c3c(C)noc3n2)c(C)o1. The fourth-order valence-corrected chi connectivity index (χ4v) is 3.29. The molecule has 0 aliphatic carbocycles. The molecule has 7 nitrogen and oxygen atoms in total. The van der Waals surface area contributed by atoms with E-state index in [1.807, 2.05) is 32.0 Å². The van der Waals surface area contributed by atoms with E-state index in [1.165, 1.54) is 0 Å². The van der Waals surface area contributed by atoms with Crippen molar-refractivity contribution < 1.29 is 13.7 Å². The lowest BCUT2D eigenvalue weighted by atomic mass is 10.0. The highest BCUT2D eigenvalue weighted by atomic mass is 16.5. The van der Waals surface area contributed by atoms with E-state index in [9.17, 15) is 4.79 Å². The van der Waals surface area contributed by atoms with Crippen LogP contribution in [0.5, 0.6) is 0 Å². The Bertz CT molecular complexity index is 1260. The van der Waals surface area contributed by atoms with Gasteiger partial charge in [-0.15, -0.1) is 0 Å². The number of hydrogen-bond donors (Lipinski definition) is 1. The highest BCUT2D eigenvalue weighted by molar-refractivity contribution is 6.13. The summed E-state index contributed by atoms with van der Waals surface area (Å²) in [4.78, 5) is 17.6. The van der Waals surface area contributed by atoms with Gasteiger partial charge in [-0.3, -0.25) is 4.79 Å². The van der Waals surface area contributed by atoms with Crippen LogP contribution in [0.2, 0.25) is 0 Å². The van der Waals surface area contributed by atoms with Crippen molar-refractivity contribution in [3.8, 4) is 17.3 Å². The average Bonchev–Trinajstić information content (AvgIpc) is 3.24. The maximum Gasteiger partial charge on any atom is 0.259 e. The third-order valence-electron chi connectivity index (χ3n) is 4.67. The van der Waals surface area contributed by atoms with Crippen LogP contribution in [0.25, 0.3) is 22.4 Å². The normalized spacial score (nSPS) is 10.8. The van der Waals surface area contributed by atoms with Crippen molar-refractivity contribution in [1.29, 1.82) is 5.26 Å².